The molecule has 2 rings (SSSR count). The minimum Gasteiger partial charge on any atom is -0.450 e. The molecule has 1 aromatic rings. The number of nitrogens with zero attached hydrogens (tertiary/aromatic N) is 1. The van der Waals surface area contributed by atoms with Gasteiger partial charge in [-0.05, 0) is 12.8 Å². The quantitative estimate of drug-likeness (QED) is 0.484. The molecule has 8 heteroatoms. The van der Waals surface area contributed by atoms with Crippen molar-refractivity contribution in [2.24, 2.45) is 5.92 Å². The Bertz CT molecular complexity index is 478. The van der Waals surface area contributed by atoms with Gasteiger partial charge in [0.2, 0.25) is 0 Å². The van der Waals surface area contributed by atoms with Crippen LogP contribution in [0.5, 0.6) is 0 Å². The van der Waals surface area contributed by atoms with Gasteiger partial charge in [0, 0.05) is 23.6 Å². The van der Waals surface area contributed by atoms with Crippen molar-refractivity contribution in [1.29, 1.82) is 0 Å². The Labute approximate surface area is 107 Å². The molecule has 19 heavy (non-hydrogen) atoms. The first-order valence-electron chi connectivity index (χ1n) is 5.12. The van der Waals surface area contributed by atoms with E-state index >= 15 is 0 Å². The number of Topliss-reactive ketones (excluding diaryl/α,β-unsaturated/α-hetero) is 1. The standard InChI is InChI=1S/C10H9NO3.CH2O3.H2O/c12-10(7-4-5-7)8-2-1-3-9(6-8)11(13)14;2-1(3)4;/h1-3,6-7H,4-5H2;(H2,2,3,4);1H2. The third-order valence-electron chi connectivity index (χ3n) is 2.29. The van der Waals surface area contributed by atoms with Gasteiger partial charge in [0.1, 0.15) is 0 Å². The highest BCUT2D eigenvalue weighted by Crippen LogP contribution is 2.33. The average molecular weight is 271 g/mol. The van der Waals surface area contributed by atoms with E-state index in [2.05, 4.69) is 0 Å². The van der Waals surface area contributed by atoms with Crippen molar-refractivity contribution in [3.63, 3.8) is 0 Å². The van der Waals surface area contributed by atoms with Crippen LogP contribution in [0.3, 0.4) is 0 Å². The van der Waals surface area contributed by atoms with Crippen molar-refractivity contribution in [2.75, 3.05) is 0 Å². The Kier molecular flexibility index (Phi) is 6.14. The zero-order valence-electron chi connectivity index (χ0n) is 9.78. The van der Waals surface area contributed by atoms with Crippen LogP contribution in [0.2, 0.25) is 0 Å². The molecule has 1 saturated carbocycles. The molecule has 104 valence electrons. The van der Waals surface area contributed by atoms with Gasteiger partial charge in [0.15, 0.2) is 5.78 Å². The van der Waals surface area contributed by atoms with Gasteiger partial charge >= 0.3 is 6.16 Å². The first-order chi connectivity index (χ1) is 8.41. The van der Waals surface area contributed by atoms with E-state index < -0.39 is 11.1 Å². The number of carbonyl (C=O) groups is 2. The van der Waals surface area contributed by atoms with Crippen LogP contribution in [-0.2, 0) is 0 Å². The van der Waals surface area contributed by atoms with Crippen LogP contribution in [0, 0.1) is 16.0 Å². The van der Waals surface area contributed by atoms with E-state index in [0.717, 1.165) is 12.8 Å². The van der Waals surface area contributed by atoms with E-state index in [1.54, 1.807) is 12.1 Å². The zero-order valence-corrected chi connectivity index (χ0v) is 9.78. The molecule has 1 aromatic carbocycles. The summed E-state index contributed by atoms with van der Waals surface area (Å²) in [6.07, 6.45) is 0.00303. The van der Waals surface area contributed by atoms with Crippen molar-refractivity contribution in [3.8, 4) is 0 Å². The second-order valence-corrected chi connectivity index (χ2v) is 3.73. The second kappa shape index (κ2) is 7.07. The number of rotatable bonds is 3. The SMILES string of the molecule is O.O=C(O)O.O=C(c1cccc([N+](=O)[O-])c1)C1CC1. The molecule has 0 radical (unpaired) electrons. The maximum absolute atomic E-state index is 11.6. The number of benzene rings is 1. The number of nitro benzene ring substituents is 1. The van der Waals surface area contributed by atoms with Crippen LogP contribution < -0.4 is 0 Å². The van der Waals surface area contributed by atoms with Gasteiger partial charge in [-0.3, -0.25) is 14.9 Å². The Morgan fingerprint density at radius 1 is 1.26 bits per heavy atom. The molecular weight excluding hydrogens is 258 g/mol. The van der Waals surface area contributed by atoms with E-state index in [0.29, 0.717) is 5.56 Å². The van der Waals surface area contributed by atoms with E-state index in [1.807, 2.05) is 0 Å². The van der Waals surface area contributed by atoms with E-state index in [9.17, 15) is 14.9 Å². The van der Waals surface area contributed by atoms with Crippen molar-refractivity contribution >= 4 is 17.6 Å². The van der Waals surface area contributed by atoms with E-state index in [4.69, 9.17) is 15.0 Å². The molecule has 0 amide bonds. The van der Waals surface area contributed by atoms with Crippen molar-refractivity contribution < 1.29 is 30.2 Å². The zero-order chi connectivity index (χ0) is 13.7. The molecule has 0 aromatic heterocycles. The van der Waals surface area contributed by atoms with Gasteiger partial charge in [-0.25, -0.2) is 4.79 Å². The minimum absolute atomic E-state index is 0. The Morgan fingerprint density at radius 3 is 2.21 bits per heavy atom. The van der Waals surface area contributed by atoms with Gasteiger partial charge in [-0.2, -0.15) is 0 Å². The highest BCUT2D eigenvalue weighted by atomic mass is 16.6. The largest absolute Gasteiger partial charge is 0.503 e. The predicted molar refractivity (Wildman–Crippen MR) is 64.4 cm³/mol. The number of nitro groups is 1. The van der Waals surface area contributed by atoms with Crippen LogP contribution in [0.4, 0.5) is 10.5 Å². The summed E-state index contributed by atoms with van der Waals surface area (Å²) in [6.45, 7) is 0. The molecule has 0 spiro atoms. The van der Waals surface area contributed by atoms with Gasteiger partial charge in [-0.15, -0.1) is 0 Å². The lowest BCUT2D eigenvalue weighted by atomic mass is 10.1. The first-order valence-corrected chi connectivity index (χ1v) is 5.12. The van der Waals surface area contributed by atoms with Gasteiger partial charge < -0.3 is 15.7 Å². The van der Waals surface area contributed by atoms with Crippen LogP contribution in [0.15, 0.2) is 24.3 Å². The number of carboxylic acid groups (broad SMARTS) is 2. The molecule has 0 unspecified atom stereocenters. The maximum Gasteiger partial charge on any atom is 0.503 e. The smallest absolute Gasteiger partial charge is 0.450 e. The molecule has 0 atom stereocenters. The van der Waals surface area contributed by atoms with E-state index in [1.165, 1.54) is 12.1 Å². The summed E-state index contributed by atoms with van der Waals surface area (Å²) < 4.78 is 0. The molecule has 1 aliphatic carbocycles. The monoisotopic (exact) mass is 271 g/mol. The number of hydrogen-bond acceptors (Lipinski definition) is 4. The summed E-state index contributed by atoms with van der Waals surface area (Å²) in [5, 5.41) is 24.4. The van der Waals surface area contributed by atoms with Crippen molar-refractivity contribution in [2.45, 2.75) is 12.8 Å². The molecule has 4 N–H and O–H groups in total. The van der Waals surface area contributed by atoms with Crippen LogP contribution in [0.1, 0.15) is 23.2 Å². The predicted octanol–water partition coefficient (Wildman–Crippen LogP) is 1.59. The maximum atomic E-state index is 11.6. The molecule has 0 saturated heterocycles. The van der Waals surface area contributed by atoms with Crippen molar-refractivity contribution in [3.05, 3.63) is 39.9 Å². The Morgan fingerprint density at radius 2 is 1.79 bits per heavy atom. The van der Waals surface area contributed by atoms with E-state index in [-0.39, 0.29) is 22.9 Å². The normalized spacial score (nSPS) is 12.4. The number of ketones is 1. The average Bonchev–Trinajstić information content (AvgIpc) is 3.11. The van der Waals surface area contributed by atoms with Gasteiger partial charge in [0.25, 0.3) is 5.69 Å². The molecule has 0 heterocycles. The summed E-state index contributed by atoms with van der Waals surface area (Å²) >= 11 is 0. The van der Waals surface area contributed by atoms with Crippen LogP contribution >= 0.6 is 0 Å². The lowest BCUT2D eigenvalue weighted by molar-refractivity contribution is -0.384. The summed E-state index contributed by atoms with van der Waals surface area (Å²) in [6, 6.07) is 5.92. The molecule has 8 nitrogen and oxygen atoms in total. The fourth-order valence-electron chi connectivity index (χ4n) is 1.35. The third kappa shape index (κ3) is 5.59. The lowest BCUT2D eigenvalue weighted by Crippen LogP contribution is -2.01. The topological polar surface area (TPSA) is 149 Å². The van der Waals surface area contributed by atoms with Gasteiger partial charge in [0.05, 0.1) is 4.92 Å². The summed E-state index contributed by atoms with van der Waals surface area (Å²) in [7, 11) is 0. The molecule has 0 aliphatic heterocycles. The number of carbonyl (C=O) groups excluding carboxylic acids is 1. The summed E-state index contributed by atoms with van der Waals surface area (Å²) in [5.41, 5.74) is 0.443. The van der Waals surface area contributed by atoms with Gasteiger partial charge in [-0.1, -0.05) is 12.1 Å². The fourth-order valence-corrected chi connectivity index (χ4v) is 1.35. The summed E-state index contributed by atoms with van der Waals surface area (Å²) in [4.78, 5) is 30.1. The molecule has 0 bridgehead atoms. The number of non-ortho nitro benzene ring substituents is 1. The minimum atomic E-state index is -1.83. The van der Waals surface area contributed by atoms with Crippen molar-refractivity contribution in [1.82, 2.24) is 0 Å². The first kappa shape index (κ1) is 16.5. The summed E-state index contributed by atoms with van der Waals surface area (Å²) in [5.74, 6) is 0.144. The molecular formula is C11H13NO7. The molecule has 1 aliphatic rings. The fraction of sp³-hybridized carbons (Fsp3) is 0.273. The third-order valence-corrected chi connectivity index (χ3v) is 2.29. The second-order valence-electron chi connectivity index (χ2n) is 3.73. The highest BCUT2D eigenvalue weighted by molar-refractivity contribution is 5.99. The number of hydrogen-bond donors (Lipinski definition) is 2. The molecule has 1 fully saturated rings. The lowest BCUT2D eigenvalue weighted by Gasteiger charge is -1.97. The van der Waals surface area contributed by atoms with Crippen LogP contribution in [-0.4, -0.2) is 32.6 Å². The van der Waals surface area contributed by atoms with Crippen LogP contribution in [0.25, 0.3) is 0 Å². The Hall–Kier alpha value is -2.48. The Balaban J connectivity index is 0.000000576. The highest BCUT2D eigenvalue weighted by Gasteiger charge is 2.30.